The fraction of sp³-hybridized carbons (Fsp3) is 0.222. The summed E-state index contributed by atoms with van der Waals surface area (Å²) < 4.78 is 51.5. The lowest BCUT2D eigenvalue weighted by Gasteiger charge is -2.14. The number of thiocarbonyl (C=S) groups is 1. The van der Waals surface area contributed by atoms with Gasteiger partial charge in [-0.1, -0.05) is 18.3 Å². The maximum absolute atomic E-state index is 13.2. The Kier molecular flexibility index (Phi) is 3.99. The van der Waals surface area contributed by atoms with Crippen molar-refractivity contribution in [1.29, 1.82) is 0 Å². The Morgan fingerprint density at radius 2 is 1.88 bits per heavy atom. The minimum absolute atomic E-state index is 0.283. The van der Waals surface area contributed by atoms with Crippen molar-refractivity contribution in [2.45, 2.75) is 12.2 Å². The van der Waals surface area contributed by atoms with Crippen molar-refractivity contribution in [2.75, 3.05) is 4.72 Å². The molecule has 0 bridgehead atoms. The molecule has 1 atom stereocenters. The summed E-state index contributed by atoms with van der Waals surface area (Å²) in [6, 6.07) is 3.00. The van der Waals surface area contributed by atoms with E-state index in [2.05, 4.69) is 12.2 Å². The average Bonchev–Trinajstić information content (AvgIpc) is 2.22. The number of rotatable bonds is 4. The lowest BCUT2D eigenvalue weighted by atomic mass is 10.3. The van der Waals surface area contributed by atoms with Gasteiger partial charge in [0.15, 0.2) is 0 Å². The number of hydrogen-bond acceptors (Lipinski definition) is 3. The van der Waals surface area contributed by atoms with E-state index in [0.29, 0.717) is 0 Å². The summed E-state index contributed by atoms with van der Waals surface area (Å²) in [7, 11) is -4.05. The first-order valence-electron chi connectivity index (χ1n) is 4.50. The van der Waals surface area contributed by atoms with E-state index in [0.717, 1.165) is 18.2 Å². The van der Waals surface area contributed by atoms with E-state index in [4.69, 9.17) is 5.73 Å². The van der Waals surface area contributed by atoms with Crippen LogP contribution < -0.4 is 10.5 Å². The third-order valence-corrected chi connectivity index (χ3v) is 4.25. The van der Waals surface area contributed by atoms with Gasteiger partial charge in [-0.3, -0.25) is 4.72 Å². The van der Waals surface area contributed by atoms with Gasteiger partial charge in [-0.15, -0.1) is 0 Å². The van der Waals surface area contributed by atoms with E-state index < -0.39 is 32.6 Å². The minimum atomic E-state index is -4.05. The Hall–Kier alpha value is -1.28. The van der Waals surface area contributed by atoms with Crippen LogP contribution in [0.5, 0.6) is 0 Å². The van der Waals surface area contributed by atoms with Gasteiger partial charge in [-0.25, -0.2) is 17.2 Å². The number of benzene rings is 1. The Bertz CT molecular complexity index is 526. The van der Waals surface area contributed by atoms with Crippen molar-refractivity contribution in [3.8, 4) is 0 Å². The largest absolute Gasteiger partial charge is 0.392 e. The zero-order valence-electron chi connectivity index (χ0n) is 8.78. The zero-order chi connectivity index (χ0) is 13.2. The smallest absolute Gasteiger partial charge is 0.242 e. The van der Waals surface area contributed by atoms with Crippen LogP contribution in [0.15, 0.2) is 18.2 Å². The minimum Gasteiger partial charge on any atom is -0.392 e. The van der Waals surface area contributed by atoms with Crippen LogP contribution in [0.4, 0.5) is 14.5 Å². The number of para-hydroxylation sites is 1. The molecule has 17 heavy (non-hydrogen) atoms. The highest BCUT2D eigenvalue weighted by molar-refractivity contribution is 7.95. The first-order valence-corrected chi connectivity index (χ1v) is 6.46. The third kappa shape index (κ3) is 3.10. The van der Waals surface area contributed by atoms with Gasteiger partial charge >= 0.3 is 0 Å². The van der Waals surface area contributed by atoms with Gasteiger partial charge in [-0.05, 0) is 19.1 Å². The van der Waals surface area contributed by atoms with E-state index in [9.17, 15) is 17.2 Å². The SMILES string of the molecule is CC(C(N)=S)S(=O)(=O)Nc1c(F)cccc1F. The molecule has 1 rings (SSSR count). The molecule has 0 aliphatic rings. The number of hydrogen-bond donors (Lipinski definition) is 2. The molecule has 0 spiro atoms. The van der Waals surface area contributed by atoms with Gasteiger partial charge in [0, 0.05) is 0 Å². The quantitative estimate of drug-likeness (QED) is 0.817. The summed E-state index contributed by atoms with van der Waals surface area (Å²) in [6.45, 7) is 1.23. The van der Waals surface area contributed by atoms with Crippen LogP contribution in [0, 0.1) is 11.6 Å². The molecular weight excluding hydrogens is 270 g/mol. The number of nitrogens with two attached hydrogens (primary N) is 1. The molecule has 0 saturated heterocycles. The Morgan fingerprint density at radius 3 is 2.29 bits per heavy atom. The molecule has 0 amide bonds. The van der Waals surface area contributed by atoms with Crippen LogP contribution in [0.1, 0.15) is 6.92 Å². The molecule has 3 N–H and O–H groups in total. The lowest BCUT2D eigenvalue weighted by Crippen LogP contribution is -2.36. The van der Waals surface area contributed by atoms with Crippen LogP contribution in [-0.4, -0.2) is 18.7 Å². The van der Waals surface area contributed by atoms with E-state index in [1.807, 2.05) is 0 Å². The Balaban J connectivity index is 3.11. The zero-order valence-corrected chi connectivity index (χ0v) is 10.4. The second-order valence-corrected chi connectivity index (χ2v) is 5.76. The summed E-state index contributed by atoms with van der Waals surface area (Å²) >= 11 is 4.52. The highest BCUT2D eigenvalue weighted by atomic mass is 32.2. The maximum atomic E-state index is 13.2. The van der Waals surface area contributed by atoms with Gasteiger partial charge in [0.05, 0.1) is 4.99 Å². The van der Waals surface area contributed by atoms with E-state index in [1.165, 1.54) is 6.92 Å². The molecule has 0 heterocycles. The highest BCUT2D eigenvalue weighted by Crippen LogP contribution is 2.20. The number of anilines is 1. The number of sulfonamides is 1. The topological polar surface area (TPSA) is 72.2 Å². The summed E-state index contributed by atoms with van der Waals surface area (Å²) in [4.78, 5) is -0.283. The molecule has 8 heteroatoms. The van der Waals surface area contributed by atoms with Crippen molar-refractivity contribution in [3.05, 3.63) is 29.8 Å². The van der Waals surface area contributed by atoms with Gasteiger partial charge in [-0.2, -0.15) is 0 Å². The van der Waals surface area contributed by atoms with E-state index in [-0.39, 0.29) is 4.99 Å². The molecule has 1 aromatic carbocycles. The molecule has 94 valence electrons. The second kappa shape index (κ2) is 4.92. The number of halogens is 2. The average molecular weight is 280 g/mol. The van der Waals surface area contributed by atoms with Crippen LogP contribution in [0.2, 0.25) is 0 Å². The Labute approximate surface area is 103 Å². The van der Waals surface area contributed by atoms with E-state index in [1.54, 1.807) is 4.72 Å². The maximum Gasteiger partial charge on any atom is 0.242 e. The monoisotopic (exact) mass is 280 g/mol. The molecule has 4 nitrogen and oxygen atoms in total. The van der Waals surface area contributed by atoms with Crippen molar-refractivity contribution in [2.24, 2.45) is 5.73 Å². The molecule has 0 radical (unpaired) electrons. The van der Waals surface area contributed by atoms with Crippen LogP contribution in [0.25, 0.3) is 0 Å². The molecule has 0 aromatic heterocycles. The van der Waals surface area contributed by atoms with Crippen molar-refractivity contribution in [3.63, 3.8) is 0 Å². The lowest BCUT2D eigenvalue weighted by molar-refractivity contribution is 0.582. The van der Waals surface area contributed by atoms with Crippen LogP contribution >= 0.6 is 12.2 Å². The first kappa shape index (κ1) is 13.8. The van der Waals surface area contributed by atoms with Crippen molar-refractivity contribution >= 4 is 32.9 Å². The molecule has 0 aliphatic heterocycles. The molecular formula is C9H10F2N2O2S2. The normalized spacial score (nSPS) is 13.1. The molecule has 0 saturated carbocycles. The first-order chi connectivity index (χ1) is 7.75. The molecule has 0 aliphatic carbocycles. The summed E-state index contributed by atoms with van der Waals surface area (Å²) in [6.07, 6.45) is 0. The second-order valence-electron chi connectivity index (χ2n) is 3.29. The van der Waals surface area contributed by atoms with Gasteiger partial charge in [0.2, 0.25) is 10.0 Å². The Morgan fingerprint density at radius 1 is 1.41 bits per heavy atom. The molecule has 1 unspecified atom stereocenters. The van der Waals surface area contributed by atoms with Crippen molar-refractivity contribution < 1.29 is 17.2 Å². The van der Waals surface area contributed by atoms with Gasteiger partial charge < -0.3 is 5.73 Å². The third-order valence-electron chi connectivity index (χ3n) is 2.07. The van der Waals surface area contributed by atoms with Crippen LogP contribution in [0.3, 0.4) is 0 Å². The molecule has 1 aromatic rings. The fourth-order valence-electron chi connectivity index (χ4n) is 0.979. The molecule has 0 fully saturated rings. The summed E-state index contributed by atoms with van der Waals surface area (Å²) in [5, 5.41) is -1.23. The van der Waals surface area contributed by atoms with Crippen LogP contribution in [-0.2, 0) is 10.0 Å². The fourth-order valence-corrected chi connectivity index (χ4v) is 2.32. The van der Waals surface area contributed by atoms with Gasteiger partial charge in [0.25, 0.3) is 0 Å². The standard InChI is InChI=1S/C9H10F2N2O2S2/c1-5(9(12)16)17(14,15)13-8-6(10)3-2-4-7(8)11/h2-5,13H,1H3,(H2,12,16). The summed E-state index contributed by atoms with van der Waals surface area (Å²) in [5.41, 5.74) is 4.44. The number of nitrogens with one attached hydrogen (secondary N) is 1. The predicted molar refractivity (Wildman–Crippen MR) is 65.1 cm³/mol. The predicted octanol–water partition coefficient (Wildman–Crippen LogP) is 1.38. The van der Waals surface area contributed by atoms with Gasteiger partial charge in [0.1, 0.15) is 22.6 Å². The highest BCUT2D eigenvalue weighted by Gasteiger charge is 2.25. The van der Waals surface area contributed by atoms with Crippen molar-refractivity contribution in [1.82, 2.24) is 0 Å². The van der Waals surface area contributed by atoms with E-state index >= 15 is 0 Å². The summed E-state index contributed by atoms with van der Waals surface area (Å²) in [5.74, 6) is -2.02.